The molecule has 0 unspecified atom stereocenters. The lowest BCUT2D eigenvalue weighted by atomic mass is 10.3. The zero-order chi connectivity index (χ0) is 9.90. The Morgan fingerprint density at radius 2 is 2.00 bits per heavy atom. The lowest BCUT2D eigenvalue weighted by Crippen LogP contribution is -2.05. The number of sulfone groups is 1. The van der Waals surface area contributed by atoms with Gasteiger partial charge in [-0.15, -0.1) is 0 Å². The van der Waals surface area contributed by atoms with E-state index in [0.717, 1.165) is 0 Å². The van der Waals surface area contributed by atoms with E-state index in [2.05, 4.69) is 4.84 Å². The number of nitrogens with one attached hydrogen (secondary N) is 1. The highest BCUT2D eigenvalue weighted by Crippen LogP contribution is 2.22. The van der Waals surface area contributed by atoms with Crippen LogP contribution in [-0.4, -0.2) is 14.2 Å². The summed E-state index contributed by atoms with van der Waals surface area (Å²) in [5, 5.41) is 0. The van der Waals surface area contributed by atoms with Crippen LogP contribution in [0.25, 0.3) is 0 Å². The van der Waals surface area contributed by atoms with Crippen LogP contribution in [0.3, 0.4) is 0 Å². The summed E-state index contributed by atoms with van der Waals surface area (Å²) in [5.74, 6) is 0.0720. The summed E-state index contributed by atoms with van der Waals surface area (Å²) in [6.07, 6.45) is 0. The highest BCUT2D eigenvalue weighted by molar-refractivity contribution is 7.91. The number of halogens is 1. The predicted molar refractivity (Wildman–Crippen MR) is 53.6 cm³/mol. The summed E-state index contributed by atoms with van der Waals surface area (Å²) in [6.45, 7) is 1.60. The Balaban J connectivity index is 3.29. The molecule has 0 fully saturated rings. The first-order valence-electron chi connectivity index (χ1n) is 3.80. The molecule has 0 saturated carbocycles. The molecule has 13 heavy (non-hydrogen) atoms. The Morgan fingerprint density at radius 1 is 1.38 bits per heavy atom. The van der Waals surface area contributed by atoms with Crippen LogP contribution in [0.4, 0.5) is 5.69 Å². The van der Waals surface area contributed by atoms with Crippen LogP contribution < -0.4 is 4.84 Å². The SMILES string of the molecule is CCS(=O)(=O)c1ccccc1NCl. The minimum atomic E-state index is -3.19. The van der Waals surface area contributed by atoms with Gasteiger partial charge in [0.1, 0.15) is 0 Å². The topological polar surface area (TPSA) is 46.2 Å². The molecule has 5 heteroatoms. The first kappa shape index (κ1) is 10.3. The number of hydrogen-bond donors (Lipinski definition) is 1. The van der Waals surface area contributed by atoms with Crippen molar-refractivity contribution in [2.45, 2.75) is 11.8 Å². The van der Waals surface area contributed by atoms with Crippen LogP contribution >= 0.6 is 11.8 Å². The molecule has 0 aromatic heterocycles. The van der Waals surface area contributed by atoms with Gasteiger partial charge in [-0.25, -0.2) is 8.42 Å². The van der Waals surface area contributed by atoms with Gasteiger partial charge in [-0.1, -0.05) is 19.1 Å². The predicted octanol–water partition coefficient (Wildman–Crippen LogP) is 2.05. The van der Waals surface area contributed by atoms with E-state index in [0.29, 0.717) is 5.69 Å². The highest BCUT2D eigenvalue weighted by atomic mass is 35.5. The number of para-hydroxylation sites is 1. The summed E-state index contributed by atoms with van der Waals surface area (Å²) in [6, 6.07) is 6.54. The van der Waals surface area contributed by atoms with Crippen LogP contribution in [-0.2, 0) is 9.84 Å². The molecule has 1 N–H and O–H groups in total. The van der Waals surface area contributed by atoms with Crippen LogP contribution in [0.1, 0.15) is 6.92 Å². The third-order valence-corrected chi connectivity index (χ3v) is 3.69. The molecule has 1 aromatic carbocycles. The average molecular weight is 220 g/mol. The molecule has 0 amide bonds. The molecule has 0 radical (unpaired) electrons. The van der Waals surface area contributed by atoms with Gasteiger partial charge in [0.25, 0.3) is 0 Å². The maximum atomic E-state index is 11.5. The number of benzene rings is 1. The van der Waals surface area contributed by atoms with E-state index in [1.807, 2.05) is 0 Å². The van der Waals surface area contributed by atoms with Gasteiger partial charge in [0.15, 0.2) is 9.84 Å². The second-order valence-electron chi connectivity index (χ2n) is 2.49. The Bertz CT molecular complexity index is 389. The van der Waals surface area contributed by atoms with Crippen molar-refractivity contribution in [2.24, 2.45) is 0 Å². The molecule has 0 saturated heterocycles. The third-order valence-electron chi connectivity index (χ3n) is 1.70. The fourth-order valence-electron chi connectivity index (χ4n) is 0.971. The minimum Gasteiger partial charge on any atom is -0.297 e. The van der Waals surface area contributed by atoms with Crippen molar-refractivity contribution < 1.29 is 8.42 Å². The van der Waals surface area contributed by atoms with Crippen molar-refractivity contribution in [3.63, 3.8) is 0 Å². The molecule has 3 nitrogen and oxygen atoms in total. The molecule has 0 bridgehead atoms. The molecule has 0 spiro atoms. The van der Waals surface area contributed by atoms with Gasteiger partial charge < -0.3 is 0 Å². The van der Waals surface area contributed by atoms with Crippen molar-refractivity contribution in [1.29, 1.82) is 0 Å². The summed E-state index contributed by atoms with van der Waals surface area (Å²) >= 11 is 5.38. The van der Waals surface area contributed by atoms with Crippen LogP contribution in [0, 0.1) is 0 Å². The van der Waals surface area contributed by atoms with E-state index in [4.69, 9.17) is 11.8 Å². The number of hydrogen-bond acceptors (Lipinski definition) is 3. The lowest BCUT2D eigenvalue weighted by Gasteiger charge is -2.06. The minimum absolute atomic E-state index is 0.0720. The zero-order valence-corrected chi connectivity index (χ0v) is 8.69. The monoisotopic (exact) mass is 219 g/mol. The van der Waals surface area contributed by atoms with Crippen molar-refractivity contribution in [3.05, 3.63) is 24.3 Å². The fraction of sp³-hybridized carbons (Fsp3) is 0.250. The summed E-state index contributed by atoms with van der Waals surface area (Å²) in [5.41, 5.74) is 0.422. The van der Waals surface area contributed by atoms with Crippen LogP contribution in [0.2, 0.25) is 0 Å². The van der Waals surface area contributed by atoms with Crippen LogP contribution in [0.5, 0.6) is 0 Å². The first-order valence-corrected chi connectivity index (χ1v) is 5.83. The van der Waals surface area contributed by atoms with Gasteiger partial charge in [-0.2, -0.15) is 0 Å². The third kappa shape index (κ3) is 2.14. The van der Waals surface area contributed by atoms with E-state index in [1.165, 1.54) is 6.07 Å². The quantitative estimate of drug-likeness (QED) is 0.792. The standard InChI is InChI=1S/C8H10ClNO2S/c1-2-13(11,12)8-6-4-3-5-7(8)10-9/h3-6,10H,2H2,1H3. The second kappa shape index (κ2) is 3.98. The molecular weight excluding hydrogens is 210 g/mol. The molecule has 0 aliphatic rings. The molecule has 1 aromatic rings. The average Bonchev–Trinajstić information content (AvgIpc) is 2.18. The van der Waals surface area contributed by atoms with Gasteiger partial charge in [-0.3, -0.25) is 4.84 Å². The largest absolute Gasteiger partial charge is 0.297 e. The smallest absolute Gasteiger partial charge is 0.180 e. The van der Waals surface area contributed by atoms with Gasteiger partial charge in [0, 0.05) is 11.8 Å². The van der Waals surface area contributed by atoms with E-state index < -0.39 is 9.84 Å². The lowest BCUT2D eigenvalue weighted by molar-refractivity contribution is 0.597. The molecule has 0 aliphatic heterocycles. The van der Waals surface area contributed by atoms with Crippen molar-refractivity contribution >= 4 is 27.3 Å². The Kier molecular flexibility index (Phi) is 3.17. The Labute approximate surface area is 82.8 Å². The Morgan fingerprint density at radius 3 is 2.54 bits per heavy atom. The number of rotatable bonds is 3. The second-order valence-corrected chi connectivity index (χ2v) is 4.93. The first-order chi connectivity index (χ1) is 6.11. The summed E-state index contributed by atoms with van der Waals surface area (Å²) < 4.78 is 23.0. The van der Waals surface area contributed by atoms with Gasteiger partial charge in [0.05, 0.1) is 16.3 Å². The number of anilines is 1. The Hall–Kier alpha value is -0.740. The fourth-order valence-corrected chi connectivity index (χ4v) is 2.24. The zero-order valence-electron chi connectivity index (χ0n) is 7.12. The van der Waals surface area contributed by atoms with E-state index >= 15 is 0 Å². The molecule has 0 atom stereocenters. The van der Waals surface area contributed by atoms with Gasteiger partial charge >= 0.3 is 0 Å². The molecule has 72 valence electrons. The summed E-state index contributed by atoms with van der Waals surface area (Å²) in [4.78, 5) is 2.57. The van der Waals surface area contributed by atoms with Crippen molar-refractivity contribution in [3.8, 4) is 0 Å². The molecular formula is C8H10ClNO2S. The van der Waals surface area contributed by atoms with Crippen molar-refractivity contribution in [2.75, 3.05) is 10.6 Å². The maximum absolute atomic E-state index is 11.5. The van der Waals surface area contributed by atoms with Crippen LogP contribution in [0.15, 0.2) is 29.2 Å². The normalized spacial score (nSPS) is 11.2. The van der Waals surface area contributed by atoms with E-state index in [9.17, 15) is 8.42 Å². The maximum Gasteiger partial charge on any atom is 0.180 e. The summed E-state index contributed by atoms with van der Waals surface area (Å²) in [7, 11) is -3.19. The van der Waals surface area contributed by atoms with E-state index in [-0.39, 0.29) is 10.6 Å². The molecule has 1 rings (SSSR count). The van der Waals surface area contributed by atoms with Gasteiger partial charge in [0.2, 0.25) is 0 Å². The van der Waals surface area contributed by atoms with Crippen molar-refractivity contribution in [1.82, 2.24) is 0 Å². The van der Waals surface area contributed by atoms with Gasteiger partial charge in [-0.05, 0) is 12.1 Å². The molecule has 0 aliphatic carbocycles. The highest BCUT2D eigenvalue weighted by Gasteiger charge is 2.14. The molecule has 0 heterocycles. The van der Waals surface area contributed by atoms with E-state index in [1.54, 1.807) is 25.1 Å².